The highest BCUT2D eigenvalue weighted by atomic mass is 19.3. The fraction of sp³-hybridized carbons (Fsp3) is 0.417. The molecule has 1 fully saturated rings. The minimum absolute atomic E-state index is 0.0422. The number of hydrogen-bond acceptors (Lipinski definition) is 7. The molecule has 33 heavy (non-hydrogen) atoms. The predicted octanol–water partition coefficient (Wildman–Crippen LogP) is 3.64. The summed E-state index contributed by atoms with van der Waals surface area (Å²) in [6.45, 7) is 1.61. The maximum absolute atomic E-state index is 14.6. The lowest BCUT2D eigenvalue weighted by Crippen LogP contribution is -2.54. The lowest BCUT2D eigenvalue weighted by molar-refractivity contribution is -0.241. The van der Waals surface area contributed by atoms with Gasteiger partial charge in [-0.2, -0.15) is 0 Å². The number of esters is 2. The molecule has 2 aromatic carbocycles. The molecule has 0 bridgehead atoms. The van der Waals surface area contributed by atoms with Crippen LogP contribution in [0.3, 0.4) is 0 Å². The molecular weight excluding hydrogens is 438 g/mol. The number of carbonyl (C=O) groups is 2. The molecule has 0 spiro atoms. The van der Waals surface area contributed by atoms with Crippen molar-refractivity contribution in [1.29, 1.82) is 0 Å². The maximum atomic E-state index is 14.6. The molecule has 1 aliphatic heterocycles. The fourth-order valence-electron chi connectivity index (χ4n) is 3.59. The Hall–Kier alpha value is -2.88. The maximum Gasteiger partial charge on any atom is 0.305 e. The first-order chi connectivity index (χ1) is 15.8. The molecule has 178 valence electrons. The van der Waals surface area contributed by atoms with E-state index in [9.17, 15) is 18.4 Å². The first-order valence-corrected chi connectivity index (χ1v) is 10.4. The van der Waals surface area contributed by atoms with E-state index in [1.54, 1.807) is 54.6 Å². The third kappa shape index (κ3) is 6.34. The molecule has 0 N–H and O–H groups in total. The summed E-state index contributed by atoms with van der Waals surface area (Å²) in [4.78, 5) is 23.3. The van der Waals surface area contributed by atoms with E-state index < -0.39 is 49.1 Å². The Morgan fingerprint density at radius 1 is 0.909 bits per heavy atom. The van der Waals surface area contributed by atoms with E-state index in [0.717, 1.165) is 19.4 Å². The molecule has 0 aromatic heterocycles. The molecule has 3 rings (SSSR count). The third-order valence-electron chi connectivity index (χ3n) is 5.05. The summed E-state index contributed by atoms with van der Waals surface area (Å²) in [5.74, 6) is -1.54. The summed E-state index contributed by atoms with van der Waals surface area (Å²) >= 11 is 0. The molecule has 0 saturated carbocycles. The summed E-state index contributed by atoms with van der Waals surface area (Å²) in [7, 11) is 0. The van der Waals surface area contributed by atoms with E-state index in [1.807, 2.05) is 6.07 Å². The van der Waals surface area contributed by atoms with Gasteiger partial charge in [0.05, 0.1) is 19.8 Å². The van der Waals surface area contributed by atoms with Gasteiger partial charge in [-0.15, -0.1) is 0 Å². The highest BCUT2D eigenvalue weighted by molar-refractivity contribution is 5.67. The summed E-state index contributed by atoms with van der Waals surface area (Å²) in [6.07, 6.45) is -7.57. The Bertz CT molecular complexity index is 910. The van der Waals surface area contributed by atoms with Gasteiger partial charge in [0.2, 0.25) is 6.29 Å². The van der Waals surface area contributed by atoms with Crippen LogP contribution in [-0.2, 0) is 46.5 Å². The van der Waals surface area contributed by atoms with Gasteiger partial charge in [0.15, 0.2) is 11.7 Å². The second kappa shape index (κ2) is 11.3. The van der Waals surface area contributed by atoms with Crippen LogP contribution in [0.15, 0.2) is 60.7 Å². The van der Waals surface area contributed by atoms with Crippen molar-refractivity contribution in [2.45, 2.75) is 57.6 Å². The van der Waals surface area contributed by atoms with Crippen LogP contribution in [0.1, 0.15) is 25.0 Å². The van der Waals surface area contributed by atoms with Gasteiger partial charge in [-0.25, -0.2) is 8.78 Å². The molecular formula is C24H26F2O7. The average molecular weight is 464 g/mol. The molecule has 4 atom stereocenters. The molecule has 9 heteroatoms. The Morgan fingerprint density at radius 2 is 1.45 bits per heavy atom. The zero-order valence-corrected chi connectivity index (χ0v) is 18.3. The van der Waals surface area contributed by atoms with Crippen LogP contribution in [0.2, 0.25) is 0 Å². The summed E-state index contributed by atoms with van der Waals surface area (Å²) in [5, 5.41) is 0. The first kappa shape index (κ1) is 24.8. The second-order valence-corrected chi connectivity index (χ2v) is 7.62. The Kier molecular flexibility index (Phi) is 8.49. The van der Waals surface area contributed by atoms with E-state index in [2.05, 4.69) is 0 Å². The van der Waals surface area contributed by atoms with Crippen molar-refractivity contribution in [2.24, 2.45) is 0 Å². The molecule has 1 saturated heterocycles. The van der Waals surface area contributed by atoms with Crippen molar-refractivity contribution in [1.82, 2.24) is 0 Å². The van der Waals surface area contributed by atoms with Gasteiger partial charge in [-0.05, 0) is 11.1 Å². The van der Waals surface area contributed by atoms with E-state index >= 15 is 0 Å². The van der Waals surface area contributed by atoms with Gasteiger partial charge in [0.25, 0.3) is 6.43 Å². The topological polar surface area (TPSA) is 80.3 Å². The Labute approximate surface area is 190 Å². The summed E-state index contributed by atoms with van der Waals surface area (Å²) in [6, 6.07) is 17.9. The number of carbonyl (C=O) groups excluding carboxylic acids is 2. The number of rotatable bonds is 10. The minimum atomic E-state index is -3.10. The molecule has 0 aliphatic carbocycles. The van der Waals surface area contributed by atoms with Crippen molar-refractivity contribution < 1.29 is 42.1 Å². The number of ether oxygens (including phenoxy) is 5. The zero-order chi connectivity index (χ0) is 23.8. The van der Waals surface area contributed by atoms with E-state index in [1.165, 1.54) is 0 Å². The quantitative estimate of drug-likeness (QED) is 0.497. The van der Waals surface area contributed by atoms with E-state index in [0.29, 0.717) is 5.56 Å². The van der Waals surface area contributed by atoms with Crippen LogP contribution in [0.25, 0.3) is 0 Å². The van der Waals surface area contributed by atoms with Gasteiger partial charge < -0.3 is 23.7 Å². The normalized spacial score (nSPS) is 24.6. The molecule has 7 nitrogen and oxygen atoms in total. The van der Waals surface area contributed by atoms with Crippen LogP contribution in [0.5, 0.6) is 0 Å². The Balaban J connectivity index is 1.88. The van der Waals surface area contributed by atoms with Crippen LogP contribution in [0.4, 0.5) is 8.78 Å². The Morgan fingerprint density at radius 3 is 1.97 bits per heavy atom. The molecule has 4 unspecified atom stereocenters. The van der Waals surface area contributed by atoms with Crippen LogP contribution in [0, 0.1) is 0 Å². The lowest BCUT2D eigenvalue weighted by Gasteiger charge is -2.33. The average Bonchev–Trinajstić information content (AvgIpc) is 3.06. The predicted molar refractivity (Wildman–Crippen MR) is 112 cm³/mol. The minimum Gasteiger partial charge on any atom is -0.453 e. The van der Waals surface area contributed by atoms with Crippen LogP contribution in [-0.4, -0.2) is 49.1 Å². The van der Waals surface area contributed by atoms with Gasteiger partial charge in [0, 0.05) is 13.8 Å². The van der Waals surface area contributed by atoms with Crippen LogP contribution < -0.4 is 0 Å². The summed E-state index contributed by atoms with van der Waals surface area (Å²) in [5.41, 5.74) is -0.859. The second-order valence-electron chi connectivity index (χ2n) is 7.62. The molecule has 2 aromatic rings. The highest BCUT2D eigenvalue weighted by Crippen LogP contribution is 2.41. The van der Waals surface area contributed by atoms with Crippen molar-refractivity contribution in [3.63, 3.8) is 0 Å². The number of hydrogen-bond donors (Lipinski definition) is 0. The van der Waals surface area contributed by atoms with Gasteiger partial charge in [-0.3, -0.25) is 9.59 Å². The van der Waals surface area contributed by atoms with E-state index in [4.69, 9.17) is 23.7 Å². The number of halogens is 2. The van der Waals surface area contributed by atoms with Crippen molar-refractivity contribution in [2.75, 3.05) is 6.61 Å². The molecule has 0 radical (unpaired) electrons. The van der Waals surface area contributed by atoms with Crippen molar-refractivity contribution in [3.05, 3.63) is 71.8 Å². The summed E-state index contributed by atoms with van der Waals surface area (Å²) < 4.78 is 56.4. The third-order valence-corrected chi connectivity index (χ3v) is 5.05. The fourth-order valence-corrected chi connectivity index (χ4v) is 3.59. The number of benzene rings is 2. The SMILES string of the molecule is CC(=O)OC1OC(COCc2ccccc2)(C(F)F)C(OCc2ccccc2)C1OC(C)=O. The number of alkyl halides is 2. The van der Waals surface area contributed by atoms with Gasteiger partial charge in [0.1, 0.15) is 6.10 Å². The molecule has 0 amide bonds. The van der Waals surface area contributed by atoms with Crippen molar-refractivity contribution >= 4 is 11.9 Å². The van der Waals surface area contributed by atoms with E-state index in [-0.39, 0.29) is 13.2 Å². The lowest BCUT2D eigenvalue weighted by atomic mass is 9.96. The zero-order valence-electron chi connectivity index (χ0n) is 18.3. The molecule has 1 aliphatic rings. The molecule has 1 heterocycles. The van der Waals surface area contributed by atoms with Crippen LogP contribution >= 0.6 is 0 Å². The smallest absolute Gasteiger partial charge is 0.305 e. The van der Waals surface area contributed by atoms with Crippen molar-refractivity contribution in [3.8, 4) is 0 Å². The van der Waals surface area contributed by atoms with Gasteiger partial charge >= 0.3 is 11.9 Å². The largest absolute Gasteiger partial charge is 0.453 e. The highest BCUT2D eigenvalue weighted by Gasteiger charge is 2.64. The van der Waals surface area contributed by atoms with Gasteiger partial charge in [-0.1, -0.05) is 60.7 Å². The standard InChI is InChI=1S/C24H26F2O7/c1-16(27)31-20-21(30-14-19-11-7-4-8-12-19)24(23(25)26,33-22(20)32-17(2)28)15-29-13-18-9-5-3-6-10-18/h3-12,20-23H,13-15H2,1-2H3. The monoisotopic (exact) mass is 464 g/mol. The first-order valence-electron chi connectivity index (χ1n) is 10.4.